The summed E-state index contributed by atoms with van der Waals surface area (Å²) in [4.78, 5) is 24.3. The molecule has 0 spiro atoms. The third-order valence-electron chi connectivity index (χ3n) is 4.13. The number of benzene rings is 2. The number of rotatable bonds is 5. The smallest absolute Gasteiger partial charge is 0.266 e. The highest BCUT2D eigenvalue weighted by molar-refractivity contribution is 7.00. The lowest BCUT2D eigenvalue weighted by molar-refractivity contribution is 0.0952. The van der Waals surface area contributed by atoms with Gasteiger partial charge in [-0.1, -0.05) is 0 Å². The van der Waals surface area contributed by atoms with Crippen molar-refractivity contribution in [1.29, 1.82) is 0 Å². The Kier molecular flexibility index (Phi) is 4.90. The van der Waals surface area contributed by atoms with Crippen molar-refractivity contribution in [2.45, 2.75) is 6.54 Å². The number of halogens is 1. The molecule has 2 aromatic heterocycles. The van der Waals surface area contributed by atoms with Gasteiger partial charge in [-0.3, -0.25) is 9.59 Å². The molecule has 0 radical (unpaired) electrons. The number of carbonyl (C=O) groups is 1. The highest BCUT2D eigenvalue weighted by atomic mass is 32.1. The van der Waals surface area contributed by atoms with Crippen LogP contribution in [-0.2, 0) is 6.54 Å². The van der Waals surface area contributed by atoms with Crippen molar-refractivity contribution in [2.24, 2.45) is 0 Å². The van der Waals surface area contributed by atoms with Crippen LogP contribution in [0.25, 0.3) is 22.3 Å². The van der Waals surface area contributed by atoms with Gasteiger partial charge in [-0.05, 0) is 48.5 Å². The van der Waals surface area contributed by atoms with Crippen molar-refractivity contribution in [1.82, 2.24) is 23.8 Å². The van der Waals surface area contributed by atoms with Gasteiger partial charge in [0, 0.05) is 23.7 Å². The molecule has 1 N–H and O–H groups in total. The molecule has 2 aromatic carbocycles. The van der Waals surface area contributed by atoms with Gasteiger partial charge in [0.2, 0.25) is 0 Å². The zero-order valence-corrected chi connectivity index (χ0v) is 15.3. The van der Waals surface area contributed by atoms with Crippen molar-refractivity contribution < 1.29 is 9.18 Å². The molecule has 0 unspecified atom stereocenters. The molecule has 2 heterocycles. The van der Waals surface area contributed by atoms with Crippen LogP contribution in [0.5, 0.6) is 0 Å². The van der Waals surface area contributed by atoms with E-state index in [4.69, 9.17) is 0 Å². The summed E-state index contributed by atoms with van der Waals surface area (Å²) >= 11 is 1.09. The molecule has 1 amide bonds. The highest BCUT2D eigenvalue weighted by Crippen LogP contribution is 2.16. The number of fused-ring (bicyclic) bond motifs is 1. The Morgan fingerprint density at radius 1 is 1.04 bits per heavy atom. The van der Waals surface area contributed by atoms with E-state index < -0.39 is 0 Å². The lowest BCUT2D eigenvalue weighted by Crippen LogP contribution is -2.31. The number of nitrogens with one attached hydrogen (secondary N) is 1. The summed E-state index contributed by atoms with van der Waals surface area (Å²) in [5.74, 6) is -0.607. The lowest BCUT2D eigenvalue weighted by atomic mass is 10.1. The first kappa shape index (κ1) is 17.9. The van der Waals surface area contributed by atoms with E-state index >= 15 is 0 Å². The van der Waals surface area contributed by atoms with Crippen molar-refractivity contribution in [3.05, 3.63) is 76.3 Å². The van der Waals surface area contributed by atoms with Gasteiger partial charge in [0.15, 0.2) is 0 Å². The van der Waals surface area contributed by atoms with Crippen LogP contribution in [0, 0.1) is 5.82 Å². The van der Waals surface area contributed by atoms with Gasteiger partial charge >= 0.3 is 0 Å². The first-order valence-corrected chi connectivity index (χ1v) is 9.18. The maximum atomic E-state index is 13.1. The second-order valence-corrected chi connectivity index (χ2v) is 6.54. The first-order valence-electron chi connectivity index (χ1n) is 8.45. The molecule has 4 aromatic rings. The fraction of sp³-hybridized carbons (Fsp3) is 0.105. The van der Waals surface area contributed by atoms with Crippen LogP contribution < -0.4 is 10.9 Å². The summed E-state index contributed by atoms with van der Waals surface area (Å²) in [6.07, 6.45) is 0. The Bertz CT molecular complexity index is 1200. The predicted molar refractivity (Wildman–Crippen MR) is 104 cm³/mol. The average molecular weight is 395 g/mol. The van der Waals surface area contributed by atoms with Gasteiger partial charge in [0.25, 0.3) is 11.5 Å². The first-order chi connectivity index (χ1) is 13.6. The maximum absolute atomic E-state index is 13.1. The summed E-state index contributed by atoms with van der Waals surface area (Å²) in [5, 5.41) is 7.05. The fourth-order valence-electron chi connectivity index (χ4n) is 2.68. The summed E-state index contributed by atoms with van der Waals surface area (Å²) in [6, 6.07) is 13.9. The van der Waals surface area contributed by atoms with Crippen LogP contribution >= 0.6 is 11.7 Å². The predicted octanol–water partition coefficient (Wildman–Crippen LogP) is 2.48. The average Bonchev–Trinajstić information content (AvgIpc) is 3.18. The molecule has 9 heteroatoms. The van der Waals surface area contributed by atoms with E-state index in [1.807, 2.05) is 0 Å². The summed E-state index contributed by atoms with van der Waals surface area (Å²) in [7, 11) is 0. The number of amides is 1. The monoisotopic (exact) mass is 395 g/mol. The topological polar surface area (TPSA) is 89.8 Å². The largest absolute Gasteiger partial charge is 0.350 e. The number of hydrogen-bond acceptors (Lipinski definition) is 6. The maximum Gasteiger partial charge on any atom is 0.266 e. The number of hydrogen-bond donors (Lipinski definition) is 1. The van der Waals surface area contributed by atoms with Crippen LogP contribution in [0.4, 0.5) is 4.39 Å². The minimum Gasteiger partial charge on any atom is -0.350 e. The van der Waals surface area contributed by atoms with Crippen LogP contribution in [0.3, 0.4) is 0 Å². The number of aromatic nitrogens is 4. The third-order valence-corrected chi connectivity index (χ3v) is 4.69. The van der Waals surface area contributed by atoms with Crippen molar-refractivity contribution >= 4 is 28.7 Å². The van der Waals surface area contributed by atoms with E-state index in [1.165, 1.54) is 22.9 Å². The third kappa shape index (κ3) is 3.79. The van der Waals surface area contributed by atoms with E-state index in [1.54, 1.807) is 36.4 Å². The Hall–Kier alpha value is -3.46. The summed E-state index contributed by atoms with van der Waals surface area (Å²) in [5.41, 5.74) is 2.85. The molecule has 0 saturated carbocycles. The van der Waals surface area contributed by atoms with E-state index in [-0.39, 0.29) is 30.4 Å². The Morgan fingerprint density at radius 3 is 2.64 bits per heavy atom. The van der Waals surface area contributed by atoms with Gasteiger partial charge in [-0.2, -0.15) is 13.8 Å². The molecule has 7 nitrogen and oxygen atoms in total. The van der Waals surface area contributed by atoms with E-state index in [0.29, 0.717) is 22.3 Å². The van der Waals surface area contributed by atoms with Crippen molar-refractivity contribution in [2.75, 3.05) is 6.54 Å². The van der Waals surface area contributed by atoms with Gasteiger partial charge in [0.1, 0.15) is 16.9 Å². The second kappa shape index (κ2) is 7.65. The van der Waals surface area contributed by atoms with Crippen molar-refractivity contribution in [3.63, 3.8) is 0 Å². The zero-order valence-electron chi connectivity index (χ0n) is 14.5. The summed E-state index contributed by atoms with van der Waals surface area (Å²) in [6.45, 7) is 0.437. The van der Waals surface area contributed by atoms with Crippen LogP contribution in [0.1, 0.15) is 10.4 Å². The van der Waals surface area contributed by atoms with E-state index in [9.17, 15) is 14.0 Å². The summed E-state index contributed by atoms with van der Waals surface area (Å²) < 4.78 is 22.6. The highest BCUT2D eigenvalue weighted by Gasteiger charge is 2.09. The van der Waals surface area contributed by atoms with Gasteiger partial charge in [0.05, 0.1) is 24.0 Å². The molecule has 0 aliphatic carbocycles. The quantitative estimate of drug-likeness (QED) is 0.561. The molecule has 0 fully saturated rings. The standard InChI is InChI=1S/C19H14FN5O2S/c20-14-4-1-12(2-5-14)15-7-8-18(26)25(22-15)10-9-21-19(27)13-3-6-16-17(11-13)24-28-23-16/h1-8,11H,9-10H2,(H,21,27). The number of carbonyl (C=O) groups excluding carboxylic acids is 1. The number of nitrogens with zero attached hydrogens (tertiary/aromatic N) is 4. The second-order valence-electron chi connectivity index (χ2n) is 6.01. The Balaban J connectivity index is 1.44. The SMILES string of the molecule is O=C(NCCn1nc(-c2ccc(F)cc2)ccc1=O)c1ccc2nsnc2c1. The Labute approximate surface area is 162 Å². The lowest BCUT2D eigenvalue weighted by Gasteiger charge is -2.09. The van der Waals surface area contributed by atoms with Crippen LogP contribution in [0.15, 0.2) is 59.4 Å². The molecule has 28 heavy (non-hydrogen) atoms. The van der Waals surface area contributed by atoms with Gasteiger partial charge in [-0.25, -0.2) is 9.07 Å². The molecule has 0 saturated heterocycles. The molecule has 0 bridgehead atoms. The minimum atomic E-state index is -0.341. The molecule has 0 aliphatic rings. The molecule has 140 valence electrons. The van der Waals surface area contributed by atoms with Gasteiger partial charge in [-0.15, -0.1) is 0 Å². The Morgan fingerprint density at radius 2 is 1.82 bits per heavy atom. The molecule has 0 atom stereocenters. The van der Waals surface area contributed by atoms with E-state index in [0.717, 1.165) is 17.2 Å². The minimum absolute atomic E-state index is 0.208. The van der Waals surface area contributed by atoms with Gasteiger partial charge < -0.3 is 5.32 Å². The zero-order chi connectivity index (χ0) is 19.5. The molecule has 0 aliphatic heterocycles. The van der Waals surface area contributed by atoms with Crippen LogP contribution in [-0.4, -0.2) is 31.0 Å². The molecular formula is C19H14FN5O2S. The van der Waals surface area contributed by atoms with Crippen molar-refractivity contribution in [3.8, 4) is 11.3 Å². The fourth-order valence-corrected chi connectivity index (χ4v) is 3.20. The molecular weight excluding hydrogens is 381 g/mol. The normalized spacial score (nSPS) is 10.9. The van der Waals surface area contributed by atoms with E-state index in [2.05, 4.69) is 19.2 Å². The van der Waals surface area contributed by atoms with Crippen LogP contribution in [0.2, 0.25) is 0 Å². The molecule has 4 rings (SSSR count).